The Morgan fingerprint density at radius 2 is 1.58 bits per heavy atom. The van der Waals surface area contributed by atoms with Crippen LogP contribution in [0.1, 0.15) is 32.1 Å². The molecule has 0 saturated heterocycles. The van der Waals surface area contributed by atoms with E-state index in [-0.39, 0.29) is 6.03 Å². The molecule has 0 bridgehead atoms. The Morgan fingerprint density at radius 1 is 0.885 bits per heavy atom. The third-order valence-electron chi connectivity index (χ3n) is 4.40. The van der Waals surface area contributed by atoms with E-state index in [0.717, 1.165) is 24.3 Å². The lowest BCUT2D eigenvalue weighted by atomic mass is 9.96. The van der Waals surface area contributed by atoms with Crippen LogP contribution in [-0.2, 0) is 0 Å². The highest BCUT2D eigenvalue weighted by molar-refractivity contribution is 5.89. The maximum Gasteiger partial charge on any atom is 0.319 e. The molecule has 2 aromatic carbocycles. The lowest BCUT2D eigenvalue weighted by Crippen LogP contribution is -2.39. The molecular formula is C21H26N2O3. The molecule has 0 radical (unpaired) electrons. The number of hydrogen-bond donors (Lipinski definition) is 2. The number of hydrogen-bond acceptors (Lipinski definition) is 3. The summed E-state index contributed by atoms with van der Waals surface area (Å²) in [5.41, 5.74) is 0.722. The van der Waals surface area contributed by atoms with Crippen molar-refractivity contribution in [3.8, 4) is 11.5 Å². The first-order valence-corrected chi connectivity index (χ1v) is 9.28. The van der Waals surface area contributed by atoms with E-state index >= 15 is 0 Å². The predicted molar refractivity (Wildman–Crippen MR) is 103 cm³/mol. The number of carbonyl (C=O) groups is 1. The summed E-state index contributed by atoms with van der Waals surface area (Å²) in [6.07, 6.45) is 5.79. The number of para-hydroxylation sites is 1. The molecule has 1 fully saturated rings. The number of nitrogens with one attached hydrogen (secondary N) is 2. The van der Waals surface area contributed by atoms with Crippen LogP contribution in [-0.4, -0.2) is 25.3 Å². The molecule has 0 atom stereocenters. The highest BCUT2D eigenvalue weighted by Gasteiger charge is 2.15. The van der Waals surface area contributed by atoms with Gasteiger partial charge in [-0.15, -0.1) is 0 Å². The maximum absolute atomic E-state index is 12.1. The lowest BCUT2D eigenvalue weighted by Gasteiger charge is -2.22. The van der Waals surface area contributed by atoms with Crippen LogP contribution in [0, 0.1) is 0 Å². The first kappa shape index (κ1) is 18.1. The molecule has 2 aromatic rings. The molecule has 1 aliphatic carbocycles. The number of benzene rings is 2. The average Bonchev–Trinajstić information content (AvgIpc) is 2.67. The molecule has 0 aliphatic heterocycles. The van der Waals surface area contributed by atoms with Gasteiger partial charge < -0.3 is 20.1 Å². The molecule has 1 aliphatic rings. The van der Waals surface area contributed by atoms with E-state index in [1.165, 1.54) is 19.3 Å². The van der Waals surface area contributed by atoms with Crippen LogP contribution in [0.3, 0.4) is 0 Å². The maximum atomic E-state index is 12.1. The minimum Gasteiger partial charge on any atom is -0.490 e. The van der Waals surface area contributed by atoms with Gasteiger partial charge in [-0.05, 0) is 37.1 Å². The Morgan fingerprint density at radius 3 is 2.35 bits per heavy atom. The molecular weight excluding hydrogens is 328 g/mol. The second-order valence-corrected chi connectivity index (χ2v) is 6.47. The van der Waals surface area contributed by atoms with E-state index in [1.807, 2.05) is 54.6 Å². The van der Waals surface area contributed by atoms with Crippen LogP contribution in [0.15, 0.2) is 54.6 Å². The van der Waals surface area contributed by atoms with E-state index in [4.69, 9.17) is 9.47 Å². The van der Waals surface area contributed by atoms with Crippen molar-refractivity contribution in [3.63, 3.8) is 0 Å². The summed E-state index contributed by atoms with van der Waals surface area (Å²) in [7, 11) is 0. The zero-order valence-corrected chi connectivity index (χ0v) is 14.9. The second-order valence-electron chi connectivity index (χ2n) is 6.47. The number of urea groups is 1. The molecule has 5 nitrogen and oxygen atoms in total. The van der Waals surface area contributed by atoms with Gasteiger partial charge in [-0.1, -0.05) is 43.5 Å². The molecule has 0 aromatic heterocycles. The minimum atomic E-state index is -0.151. The van der Waals surface area contributed by atoms with E-state index in [9.17, 15) is 4.79 Å². The minimum absolute atomic E-state index is 0.151. The standard InChI is InChI=1S/C21H26N2O3/c24-21(22-17-8-3-1-4-9-17)23-18-10-7-13-20(16-18)26-15-14-25-19-11-5-2-6-12-19/h2,5-7,10-13,16-17H,1,3-4,8-9,14-15H2,(H2,22,23,24). The number of carbonyl (C=O) groups excluding carboxylic acids is 1. The van der Waals surface area contributed by atoms with Crippen molar-refractivity contribution < 1.29 is 14.3 Å². The monoisotopic (exact) mass is 354 g/mol. The van der Waals surface area contributed by atoms with Gasteiger partial charge in [0, 0.05) is 17.8 Å². The van der Waals surface area contributed by atoms with Gasteiger partial charge in [0.1, 0.15) is 24.7 Å². The fraction of sp³-hybridized carbons (Fsp3) is 0.381. The lowest BCUT2D eigenvalue weighted by molar-refractivity contribution is 0.217. The highest BCUT2D eigenvalue weighted by atomic mass is 16.5. The van der Waals surface area contributed by atoms with Gasteiger partial charge in [0.2, 0.25) is 0 Å². The Hall–Kier alpha value is -2.69. The normalized spacial score (nSPS) is 14.5. The first-order valence-electron chi connectivity index (χ1n) is 9.28. The summed E-state index contributed by atoms with van der Waals surface area (Å²) in [5.74, 6) is 1.53. The van der Waals surface area contributed by atoms with Gasteiger partial charge >= 0.3 is 6.03 Å². The Labute approximate surface area is 154 Å². The van der Waals surface area contributed by atoms with E-state index in [1.54, 1.807) is 0 Å². The average molecular weight is 354 g/mol. The van der Waals surface area contributed by atoms with E-state index in [0.29, 0.717) is 25.0 Å². The summed E-state index contributed by atoms with van der Waals surface area (Å²) in [4.78, 5) is 12.1. The van der Waals surface area contributed by atoms with Crippen molar-refractivity contribution in [2.45, 2.75) is 38.1 Å². The summed E-state index contributed by atoms with van der Waals surface area (Å²) in [6.45, 7) is 0.899. The number of ether oxygens (including phenoxy) is 2. The third-order valence-corrected chi connectivity index (χ3v) is 4.40. The third kappa shape index (κ3) is 5.99. The largest absolute Gasteiger partial charge is 0.490 e. The van der Waals surface area contributed by atoms with Crippen LogP contribution >= 0.6 is 0 Å². The molecule has 3 rings (SSSR count). The Kier molecular flexibility index (Phi) is 6.76. The molecule has 0 unspecified atom stereocenters. The summed E-state index contributed by atoms with van der Waals surface area (Å²) in [6, 6.07) is 17.2. The van der Waals surface area contributed by atoms with Gasteiger partial charge in [-0.3, -0.25) is 0 Å². The van der Waals surface area contributed by atoms with E-state index in [2.05, 4.69) is 10.6 Å². The fourth-order valence-corrected chi connectivity index (χ4v) is 3.10. The van der Waals surface area contributed by atoms with Crippen LogP contribution in [0.2, 0.25) is 0 Å². The molecule has 0 heterocycles. The number of amides is 2. The van der Waals surface area contributed by atoms with Gasteiger partial charge in [0.05, 0.1) is 0 Å². The number of anilines is 1. The Balaban J connectivity index is 1.41. The summed E-state index contributed by atoms with van der Waals surface area (Å²) in [5, 5.41) is 5.93. The quantitative estimate of drug-likeness (QED) is 0.715. The zero-order valence-electron chi connectivity index (χ0n) is 14.9. The second kappa shape index (κ2) is 9.70. The summed E-state index contributed by atoms with van der Waals surface area (Å²) >= 11 is 0. The fourth-order valence-electron chi connectivity index (χ4n) is 3.10. The van der Waals surface area contributed by atoms with Crippen LogP contribution < -0.4 is 20.1 Å². The van der Waals surface area contributed by atoms with Crippen molar-refractivity contribution in [2.24, 2.45) is 0 Å². The van der Waals surface area contributed by atoms with Crippen LogP contribution in [0.5, 0.6) is 11.5 Å². The van der Waals surface area contributed by atoms with Crippen LogP contribution in [0.4, 0.5) is 10.5 Å². The van der Waals surface area contributed by atoms with Crippen molar-refractivity contribution in [2.75, 3.05) is 18.5 Å². The van der Waals surface area contributed by atoms with Crippen molar-refractivity contribution in [1.29, 1.82) is 0 Å². The first-order chi connectivity index (χ1) is 12.8. The van der Waals surface area contributed by atoms with Gasteiger partial charge in [-0.2, -0.15) is 0 Å². The highest BCUT2D eigenvalue weighted by Crippen LogP contribution is 2.19. The topological polar surface area (TPSA) is 59.6 Å². The molecule has 2 N–H and O–H groups in total. The van der Waals surface area contributed by atoms with Gasteiger partial charge in [-0.25, -0.2) is 4.79 Å². The van der Waals surface area contributed by atoms with Crippen molar-refractivity contribution >= 4 is 11.7 Å². The van der Waals surface area contributed by atoms with Gasteiger partial charge in [0.15, 0.2) is 0 Å². The predicted octanol–water partition coefficient (Wildman–Crippen LogP) is 4.60. The molecule has 2 amide bonds. The zero-order chi connectivity index (χ0) is 18.0. The molecule has 26 heavy (non-hydrogen) atoms. The van der Waals surface area contributed by atoms with Crippen molar-refractivity contribution in [3.05, 3.63) is 54.6 Å². The van der Waals surface area contributed by atoms with Crippen molar-refractivity contribution in [1.82, 2.24) is 5.32 Å². The smallest absolute Gasteiger partial charge is 0.319 e. The van der Waals surface area contributed by atoms with E-state index < -0.39 is 0 Å². The van der Waals surface area contributed by atoms with Gasteiger partial charge in [0.25, 0.3) is 0 Å². The molecule has 138 valence electrons. The molecule has 1 saturated carbocycles. The van der Waals surface area contributed by atoms with Crippen LogP contribution in [0.25, 0.3) is 0 Å². The molecule has 5 heteroatoms. The molecule has 0 spiro atoms. The number of rotatable bonds is 7. The SMILES string of the molecule is O=C(Nc1cccc(OCCOc2ccccc2)c1)NC1CCCCC1. The Bertz CT molecular complexity index is 685. The summed E-state index contributed by atoms with van der Waals surface area (Å²) < 4.78 is 11.3.